The summed E-state index contributed by atoms with van der Waals surface area (Å²) in [5, 5.41) is 10.8. The molecule has 0 unspecified atom stereocenters. The van der Waals surface area contributed by atoms with Gasteiger partial charge in [0.1, 0.15) is 5.75 Å². The van der Waals surface area contributed by atoms with Gasteiger partial charge >= 0.3 is 6.09 Å². The Hall–Kier alpha value is -3.15. The maximum atomic E-state index is 11.1. The number of hydrogen-bond acceptors (Lipinski definition) is 4. The van der Waals surface area contributed by atoms with Crippen molar-refractivity contribution in [3.05, 3.63) is 47.7 Å². The van der Waals surface area contributed by atoms with Crippen molar-refractivity contribution in [1.82, 2.24) is 10.4 Å². The van der Waals surface area contributed by atoms with E-state index in [0.29, 0.717) is 0 Å². The highest BCUT2D eigenvalue weighted by Crippen LogP contribution is 2.36. The zero-order chi connectivity index (χ0) is 17.3. The highest BCUT2D eigenvalue weighted by molar-refractivity contribution is 5.99. The third-order valence-corrected chi connectivity index (χ3v) is 3.96. The topological polar surface area (TPSA) is 86.4 Å². The molecule has 3 rings (SSSR count). The van der Waals surface area contributed by atoms with Crippen LogP contribution in [0.4, 0.5) is 10.5 Å². The van der Waals surface area contributed by atoms with Gasteiger partial charge in [-0.25, -0.2) is 10.2 Å². The summed E-state index contributed by atoms with van der Waals surface area (Å²) in [7, 11) is 1.31. The number of aromatic nitrogens is 1. The van der Waals surface area contributed by atoms with Crippen molar-refractivity contribution in [2.24, 2.45) is 0 Å². The van der Waals surface area contributed by atoms with Crippen molar-refractivity contribution in [3.8, 4) is 16.9 Å². The number of fused-ring (bicyclic) bond motifs is 1. The van der Waals surface area contributed by atoms with Gasteiger partial charge in [0.2, 0.25) is 0 Å². The second-order valence-electron chi connectivity index (χ2n) is 5.63. The molecule has 0 aliphatic rings. The zero-order valence-electron chi connectivity index (χ0n) is 13.7. The molecule has 2 aromatic carbocycles. The number of phenolic OH excluding ortho intramolecular Hbond substituents is 1. The Morgan fingerprint density at radius 1 is 1.17 bits per heavy atom. The van der Waals surface area contributed by atoms with Crippen molar-refractivity contribution in [2.45, 2.75) is 13.8 Å². The molecule has 0 fully saturated rings. The average molecular weight is 325 g/mol. The lowest BCUT2D eigenvalue weighted by Gasteiger charge is -2.11. The highest BCUT2D eigenvalue weighted by Gasteiger charge is 2.13. The number of ether oxygens (including phenoxy) is 1. The average Bonchev–Trinajstić information content (AvgIpc) is 2.88. The molecular formula is C18H19N3O3. The van der Waals surface area contributed by atoms with Gasteiger partial charge in [-0.1, -0.05) is 6.07 Å². The highest BCUT2D eigenvalue weighted by atomic mass is 16.5. The van der Waals surface area contributed by atoms with Gasteiger partial charge in [-0.15, -0.1) is 0 Å². The summed E-state index contributed by atoms with van der Waals surface area (Å²) < 4.78 is 4.52. The Labute approximate surface area is 139 Å². The van der Waals surface area contributed by atoms with Gasteiger partial charge in [0.25, 0.3) is 0 Å². The van der Waals surface area contributed by atoms with Crippen LogP contribution in [-0.4, -0.2) is 23.3 Å². The maximum absolute atomic E-state index is 11.1. The molecule has 1 heterocycles. The van der Waals surface area contributed by atoms with Crippen LogP contribution in [0.25, 0.3) is 22.0 Å². The van der Waals surface area contributed by atoms with E-state index in [9.17, 15) is 9.90 Å². The number of aryl methyl sites for hydroxylation is 2. The van der Waals surface area contributed by atoms with Crippen LogP contribution in [0.15, 0.2) is 36.4 Å². The summed E-state index contributed by atoms with van der Waals surface area (Å²) in [5.74, 6) is 0.237. The van der Waals surface area contributed by atoms with Crippen LogP contribution >= 0.6 is 0 Å². The quantitative estimate of drug-likeness (QED) is 0.551. The number of amides is 1. The largest absolute Gasteiger partial charge is 0.508 e. The molecule has 4 N–H and O–H groups in total. The lowest BCUT2D eigenvalue weighted by atomic mass is 9.97. The van der Waals surface area contributed by atoms with Gasteiger partial charge in [0, 0.05) is 22.2 Å². The van der Waals surface area contributed by atoms with E-state index in [0.717, 1.165) is 39.0 Å². The number of carbonyl (C=O) groups excluding carboxylic acids is 1. The Bertz CT molecular complexity index is 915. The number of H-pyrrole nitrogens is 1. The number of benzene rings is 2. The fraction of sp³-hybridized carbons (Fsp3) is 0.167. The number of aromatic amines is 1. The number of rotatable bonds is 3. The van der Waals surface area contributed by atoms with E-state index in [1.165, 1.54) is 7.11 Å². The Morgan fingerprint density at radius 2 is 1.96 bits per heavy atom. The molecule has 0 aliphatic heterocycles. The fourth-order valence-corrected chi connectivity index (χ4v) is 2.86. The monoisotopic (exact) mass is 325 g/mol. The first-order chi connectivity index (χ1) is 11.5. The third-order valence-electron chi connectivity index (χ3n) is 3.96. The molecule has 0 atom stereocenters. The molecule has 124 valence electrons. The van der Waals surface area contributed by atoms with Gasteiger partial charge in [0.15, 0.2) is 0 Å². The van der Waals surface area contributed by atoms with Crippen LogP contribution in [0.3, 0.4) is 0 Å². The van der Waals surface area contributed by atoms with Crippen molar-refractivity contribution in [2.75, 3.05) is 12.5 Å². The zero-order valence-corrected chi connectivity index (χ0v) is 13.7. The first-order valence-corrected chi connectivity index (χ1v) is 7.52. The molecule has 1 amide bonds. The summed E-state index contributed by atoms with van der Waals surface area (Å²) in [6, 6.07) is 11.1. The van der Waals surface area contributed by atoms with E-state index in [1.807, 2.05) is 38.1 Å². The Kier molecular flexibility index (Phi) is 4.04. The molecule has 0 spiro atoms. The summed E-state index contributed by atoms with van der Waals surface area (Å²) in [6.07, 6.45) is -0.556. The smallest absolute Gasteiger partial charge is 0.425 e. The molecule has 0 saturated carbocycles. The lowest BCUT2D eigenvalue weighted by molar-refractivity contribution is 0.173. The van der Waals surface area contributed by atoms with Crippen LogP contribution in [0.5, 0.6) is 5.75 Å². The van der Waals surface area contributed by atoms with Gasteiger partial charge < -0.3 is 14.8 Å². The molecule has 24 heavy (non-hydrogen) atoms. The Balaban J connectivity index is 2.00. The number of nitrogens with one attached hydrogen (secondary N) is 3. The number of aromatic hydroxyl groups is 1. The molecule has 0 radical (unpaired) electrons. The SMILES string of the molecule is COC(=O)NNc1ccc(-c2c(C)[nH]c3ccc(O)cc23)c(C)c1. The summed E-state index contributed by atoms with van der Waals surface area (Å²) >= 11 is 0. The van der Waals surface area contributed by atoms with E-state index < -0.39 is 6.09 Å². The number of carbonyl (C=O) groups is 1. The second-order valence-corrected chi connectivity index (χ2v) is 5.63. The minimum Gasteiger partial charge on any atom is -0.508 e. The first kappa shape index (κ1) is 15.7. The van der Waals surface area contributed by atoms with Crippen molar-refractivity contribution in [1.29, 1.82) is 0 Å². The standard InChI is InChI=1S/C18H19N3O3/c1-10-8-12(20-21-18(23)24-3)4-6-14(10)17-11(2)19-16-7-5-13(22)9-15(16)17/h4-9,19-20,22H,1-3H3,(H,21,23). The minimum absolute atomic E-state index is 0.237. The van der Waals surface area contributed by atoms with Crippen LogP contribution in [0.1, 0.15) is 11.3 Å². The molecule has 6 heteroatoms. The fourth-order valence-electron chi connectivity index (χ4n) is 2.86. The Morgan fingerprint density at radius 3 is 2.67 bits per heavy atom. The van der Waals surface area contributed by atoms with Gasteiger partial charge in [-0.05, 0) is 55.3 Å². The molecule has 0 aliphatic carbocycles. The van der Waals surface area contributed by atoms with Crippen LogP contribution in [0, 0.1) is 13.8 Å². The molecule has 1 aromatic heterocycles. The lowest BCUT2D eigenvalue weighted by Crippen LogP contribution is -2.28. The first-order valence-electron chi connectivity index (χ1n) is 7.52. The predicted octanol–water partition coefficient (Wildman–Crippen LogP) is 3.84. The predicted molar refractivity (Wildman–Crippen MR) is 94.0 cm³/mol. The van der Waals surface area contributed by atoms with Crippen molar-refractivity contribution >= 4 is 22.7 Å². The number of hydrazine groups is 1. The van der Waals surface area contributed by atoms with Crippen LogP contribution in [-0.2, 0) is 4.74 Å². The number of anilines is 1. The molecule has 6 nitrogen and oxygen atoms in total. The van der Waals surface area contributed by atoms with E-state index in [4.69, 9.17) is 0 Å². The number of phenols is 1. The molecular weight excluding hydrogens is 306 g/mol. The summed E-state index contributed by atoms with van der Waals surface area (Å²) in [5.41, 5.74) is 11.2. The van der Waals surface area contributed by atoms with Crippen molar-refractivity contribution in [3.63, 3.8) is 0 Å². The van der Waals surface area contributed by atoms with E-state index in [1.54, 1.807) is 12.1 Å². The third kappa shape index (κ3) is 2.86. The summed E-state index contributed by atoms with van der Waals surface area (Å²) in [4.78, 5) is 14.5. The van der Waals surface area contributed by atoms with Gasteiger partial charge in [-0.2, -0.15) is 0 Å². The maximum Gasteiger partial charge on any atom is 0.425 e. The number of methoxy groups -OCH3 is 1. The van der Waals surface area contributed by atoms with Crippen LogP contribution in [0.2, 0.25) is 0 Å². The van der Waals surface area contributed by atoms with Crippen molar-refractivity contribution < 1.29 is 14.6 Å². The van der Waals surface area contributed by atoms with Crippen LogP contribution < -0.4 is 10.9 Å². The molecule has 0 saturated heterocycles. The van der Waals surface area contributed by atoms with E-state index in [-0.39, 0.29) is 5.75 Å². The second kappa shape index (κ2) is 6.16. The minimum atomic E-state index is -0.556. The van der Waals surface area contributed by atoms with E-state index in [2.05, 4.69) is 20.6 Å². The number of hydrogen-bond donors (Lipinski definition) is 4. The van der Waals surface area contributed by atoms with Gasteiger partial charge in [0.05, 0.1) is 12.8 Å². The summed E-state index contributed by atoms with van der Waals surface area (Å²) in [6.45, 7) is 4.01. The molecule has 0 bridgehead atoms. The van der Waals surface area contributed by atoms with Gasteiger partial charge in [-0.3, -0.25) is 5.43 Å². The normalized spacial score (nSPS) is 10.6. The van der Waals surface area contributed by atoms with E-state index >= 15 is 0 Å². The molecule has 3 aromatic rings.